The number of rotatable bonds is 2. The summed E-state index contributed by atoms with van der Waals surface area (Å²) in [5.41, 5.74) is 1.39. The molecule has 0 bridgehead atoms. The van der Waals surface area contributed by atoms with E-state index < -0.39 is 0 Å². The lowest BCUT2D eigenvalue weighted by molar-refractivity contribution is 0.740. The summed E-state index contributed by atoms with van der Waals surface area (Å²) in [6.45, 7) is 2.31. The Hall–Kier alpha value is 1.14. The molecule has 3 unspecified atom stereocenters. The predicted molar refractivity (Wildman–Crippen MR) is 68.7 cm³/mol. The molecule has 0 saturated heterocycles. The zero-order chi connectivity index (χ0) is 9.59. The number of hydrogen-bond donors (Lipinski definition) is 0. The van der Waals surface area contributed by atoms with Gasteiger partial charge in [0.1, 0.15) is 0 Å². The van der Waals surface area contributed by atoms with Crippen molar-refractivity contribution in [2.24, 2.45) is 11.8 Å². The van der Waals surface area contributed by atoms with E-state index in [0.717, 1.165) is 11.8 Å². The van der Waals surface area contributed by atoms with E-state index >= 15 is 0 Å². The minimum Gasteiger partial charge on any atom is -0.121 e. The maximum absolute atomic E-state index is 3.77. The molecular weight excluding hydrogens is 380 g/mol. The van der Waals surface area contributed by atoms with Crippen LogP contribution in [0.3, 0.4) is 0 Å². The molecule has 1 aromatic rings. The molecule has 0 spiro atoms. The third-order valence-electron chi connectivity index (χ3n) is 2.53. The lowest BCUT2D eigenvalue weighted by Crippen LogP contribution is -1.91. The van der Waals surface area contributed by atoms with Crippen LogP contribution in [0.5, 0.6) is 0 Å². The van der Waals surface area contributed by atoms with Gasteiger partial charge in [-0.2, -0.15) is 0 Å². The summed E-state index contributed by atoms with van der Waals surface area (Å²) in [6, 6.07) is 2.21. The number of thiophene rings is 1. The second-order valence-electron chi connectivity index (χ2n) is 3.56. The van der Waals surface area contributed by atoms with Crippen LogP contribution in [0.2, 0.25) is 0 Å². The highest BCUT2D eigenvalue weighted by atomic mass is 79.9. The molecule has 0 amide bonds. The normalized spacial score (nSPS) is 28.9. The second kappa shape index (κ2) is 3.95. The largest absolute Gasteiger partial charge is 0.121 e. The smallest absolute Gasteiger partial charge is 0.0753 e. The molecule has 1 heterocycles. The molecule has 1 aliphatic carbocycles. The fraction of sp³-hybridized carbons (Fsp3) is 0.556. The highest BCUT2D eigenvalue weighted by molar-refractivity contribution is 9.12. The van der Waals surface area contributed by atoms with E-state index in [1.165, 1.54) is 19.6 Å². The van der Waals surface area contributed by atoms with Crippen molar-refractivity contribution in [1.29, 1.82) is 0 Å². The number of hydrogen-bond acceptors (Lipinski definition) is 1. The van der Waals surface area contributed by atoms with Crippen LogP contribution in [0.15, 0.2) is 13.6 Å². The van der Waals surface area contributed by atoms with Gasteiger partial charge in [-0.25, -0.2) is 0 Å². The summed E-state index contributed by atoms with van der Waals surface area (Å²) in [5, 5.41) is 0. The Bertz CT molecular complexity index is 321. The van der Waals surface area contributed by atoms with E-state index in [-0.39, 0.29) is 0 Å². The molecule has 72 valence electrons. The van der Waals surface area contributed by atoms with Crippen molar-refractivity contribution in [3.63, 3.8) is 0 Å². The fourth-order valence-electron chi connectivity index (χ4n) is 1.53. The molecule has 0 aliphatic heterocycles. The van der Waals surface area contributed by atoms with Gasteiger partial charge in [0.2, 0.25) is 0 Å². The van der Waals surface area contributed by atoms with Gasteiger partial charge in [-0.05, 0) is 61.7 Å². The van der Waals surface area contributed by atoms with Crippen LogP contribution in [0.1, 0.15) is 23.7 Å². The molecule has 13 heavy (non-hydrogen) atoms. The minimum absolute atomic E-state index is 0.527. The molecule has 1 saturated carbocycles. The first-order valence-electron chi connectivity index (χ1n) is 4.18. The van der Waals surface area contributed by atoms with Crippen LogP contribution in [0, 0.1) is 11.8 Å². The maximum Gasteiger partial charge on any atom is 0.0753 e. The van der Waals surface area contributed by atoms with E-state index in [2.05, 4.69) is 60.8 Å². The van der Waals surface area contributed by atoms with Gasteiger partial charge in [0, 0.05) is 4.83 Å². The van der Waals surface area contributed by atoms with Gasteiger partial charge in [-0.1, -0.05) is 22.9 Å². The Labute approximate surface area is 107 Å². The van der Waals surface area contributed by atoms with E-state index in [9.17, 15) is 0 Å². The van der Waals surface area contributed by atoms with Crippen LogP contribution in [0.25, 0.3) is 0 Å². The second-order valence-corrected chi connectivity index (χ2v) is 8.29. The Morgan fingerprint density at radius 1 is 1.54 bits per heavy atom. The topological polar surface area (TPSA) is 0 Å². The van der Waals surface area contributed by atoms with Crippen LogP contribution < -0.4 is 0 Å². The first-order valence-corrected chi connectivity index (χ1v) is 7.50. The van der Waals surface area contributed by atoms with E-state index in [0.29, 0.717) is 4.83 Å². The van der Waals surface area contributed by atoms with Crippen molar-refractivity contribution < 1.29 is 0 Å². The standard InChI is InChI=1S/C9H9Br3S/c1-4-2-5(4)8(11)6-3-7(10)13-9(6)12/h3-5,8H,2H2,1H3. The Morgan fingerprint density at radius 3 is 2.54 bits per heavy atom. The Kier molecular flexibility index (Phi) is 3.24. The molecule has 1 aromatic heterocycles. The highest BCUT2D eigenvalue weighted by Crippen LogP contribution is 2.53. The molecular formula is C9H9Br3S. The Morgan fingerprint density at radius 2 is 2.15 bits per heavy atom. The van der Waals surface area contributed by atoms with Gasteiger partial charge in [0.15, 0.2) is 0 Å². The van der Waals surface area contributed by atoms with Gasteiger partial charge in [0.25, 0.3) is 0 Å². The maximum atomic E-state index is 3.77. The molecule has 0 radical (unpaired) electrons. The summed E-state index contributed by atoms with van der Waals surface area (Å²) >= 11 is 12.6. The highest BCUT2D eigenvalue weighted by Gasteiger charge is 2.39. The van der Waals surface area contributed by atoms with Gasteiger partial charge in [-0.15, -0.1) is 11.3 Å². The molecule has 0 aromatic carbocycles. The van der Waals surface area contributed by atoms with Gasteiger partial charge >= 0.3 is 0 Å². The van der Waals surface area contributed by atoms with E-state index in [1.54, 1.807) is 11.3 Å². The zero-order valence-electron chi connectivity index (χ0n) is 7.06. The van der Waals surface area contributed by atoms with E-state index in [4.69, 9.17) is 0 Å². The van der Waals surface area contributed by atoms with Crippen molar-refractivity contribution in [2.45, 2.75) is 18.2 Å². The summed E-state index contributed by atoms with van der Waals surface area (Å²) in [7, 11) is 0. The Balaban J connectivity index is 2.19. The molecule has 2 rings (SSSR count). The van der Waals surface area contributed by atoms with Crippen molar-refractivity contribution in [1.82, 2.24) is 0 Å². The van der Waals surface area contributed by atoms with Crippen LogP contribution >= 0.6 is 59.1 Å². The number of halogens is 3. The predicted octanol–water partition coefficient (Wildman–Crippen LogP) is 5.37. The van der Waals surface area contributed by atoms with Gasteiger partial charge < -0.3 is 0 Å². The lowest BCUT2D eigenvalue weighted by Gasteiger charge is -2.06. The molecule has 1 aliphatic rings. The zero-order valence-corrected chi connectivity index (χ0v) is 12.6. The van der Waals surface area contributed by atoms with Gasteiger partial charge in [-0.3, -0.25) is 0 Å². The summed E-state index contributed by atoms with van der Waals surface area (Å²) in [6.07, 6.45) is 1.36. The molecule has 4 heteroatoms. The van der Waals surface area contributed by atoms with Crippen LogP contribution in [0.4, 0.5) is 0 Å². The summed E-state index contributed by atoms with van der Waals surface area (Å²) in [4.78, 5) is 0.527. The number of alkyl halides is 1. The summed E-state index contributed by atoms with van der Waals surface area (Å²) in [5.74, 6) is 1.72. The van der Waals surface area contributed by atoms with Crippen LogP contribution in [-0.4, -0.2) is 0 Å². The first-order chi connectivity index (χ1) is 6.09. The summed E-state index contributed by atoms with van der Waals surface area (Å²) < 4.78 is 2.45. The minimum atomic E-state index is 0.527. The molecule has 0 nitrogen and oxygen atoms in total. The first kappa shape index (κ1) is 10.7. The molecule has 1 fully saturated rings. The van der Waals surface area contributed by atoms with Crippen LogP contribution in [-0.2, 0) is 0 Å². The average molecular weight is 389 g/mol. The average Bonchev–Trinajstić information content (AvgIpc) is 2.67. The third kappa shape index (κ3) is 2.21. The SMILES string of the molecule is CC1CC1C(Br)c1cc(Br)sc1Br. The fourth-order valence-corrected chi connectivity index (χ4v) is 6.02. The lowest BCUT2D eigenvalue weighted by atomic mass is 10.1. The van der Waals surface area contributed by atoms with Crippen molar-refractivity contribution >= 4 is 59.1 Å². The molecule has 0 N–H and O–H groups in total. The third-order valence-corrected chi connectivity index (χ3v) is 6.09. The van der Waals surface area contributed by atoms with Gasteiger partial charge in [0.05, 0.1) is 7.57 Å². The molecule has 3 atom stereocenters. The van der Waals surface area contributed by atoms with Crippen molar-refractivity contribution in [2.75, 3.05) is 0 Å². The van der Waals surface area contributed by atoms with Crippen molar-refractivity contribution in [3.05, 3.63) is 19.2 Å². The van der Waals surface area contributed by atoms with Crippen molar-refractivity contribution in [3.8, 4) is 0 Å². The van der Waals surface area contributed by atoms with E-state index in [1.807, 2.05) is 0 Å². The quantitative estimate of drug-likeness (QED) is 0.598. The monoisotopic (exact) mass is 386 g/mol.